The van der Waals surface area contributed by atoms with Crippen LogP contribution < -0.4 is 5.32 Å². The zero-order chi connectivity index (χ0) is 15.7. The van der Waals surface area contributed by atoms with E-state index >= 15 is 0 Å². The van der Waals surface area contributed by atoms with Crippen molar-refractivity contribution >= 4 is 11.8 Å². The van der Waals surface area contributed by atoms with Crippen molar-refractivity contribution in [3.63, 3.8) is 0 Å². The van der Waals surface area contributed by atoms with Crippen molar-refractivity contribution in [2.45, 2.75) is 38.3 Å². The highest BCUT2D eigenvalue weighted by atomic mass is 16.5. The molecule has 3 rings (SSSR count). The topological polar surface area (TPSA) is 58.6 Å². The molecular weight excluding hydrogens is 280 g/mol. The van der Waals surface area contributed by atoms with Gasteiger partial charge in [0.2, 0.25) is 5.91 Å². The van der Waals surface area contributed by atoms with Crippen LogP contribution in [-0.2, 0) is 27.2 Å². The Morgan fingerprint density at radius 3 is 2.50 bits per heavy atom. The summed E-state index contributed by atoms with van der Waals surface area (Å²) in [5.41, 5.74) is 1.64. The second-order valence-electron chi connectivity index (χ2n) is 6.37. The minimum atomic E-state index is -0.960. The Hall–Kier alpha value is -1.88. The number of hydrogen-bond donors (Lipinski definition) is 1. The van der Waals surface area contributed by atoms with E-state index in [0.717, 1.165) is 12.8 Å². The van der Waals surface area contributed by atoms with Gasteiger partial charge in [0.25, 0.3) is 5.91 Å². The molecule has 5 heteroatoms. The molecule has 22 heavy (non-hydrogen) atoms. The first-order chi connectivity index (χ1) is 10.5. The molecule has 1 saturated heterocycles. The lowest BCUT2D eigenvalue weighted by molar-refractivity contribution is -0.162. The van der Waals surface area contributed by atoms with E-state index < -0.39 is 5.60 Å². The molecular formula is C17H22N2O3. The Bertz CT molecular complexity index is 576. The number of morpholine rings is 1. The Kier molecular flexibility index (Phi) is 3.91. The van der Waals surface area contributed by atoms with Gasteiger partial charge in [-0.15, -0.1) is 0 Å². The van der Waals surface area contributed by atoms with Crippen molar-refractivity contribution in [3.05, 3.63) is 35.4 Å². The molecule has 1 aliphatic carbocycles. The first-order valence-corrected chi connectivity index (χ1v) is 7.75. The summed E-state index contributed by atoms with van der Waals surface area (Å²) in [4.78, 5) is 25.8. The van der Waals surface area contributed by atoms with Gasteiger partial charge in [0.05, 0.1) is 13.2 Å². The molecule has 0 radical (unpaired) electrons. The van der Waals surface area contributed by atoms with Gasteiger partial charge in [-0.1, -0.05) is 24.3 Å². The van der Waals surface area contributed by atoms with Gasteiger partial charge in [0, 0.05) is 19.5 Å². The summed E-state index contributed by atoms with van der Waals surface area (Å²) in [6, 6.07) is 8.38. The average molecular weight is 302 g/mol. The minimum Gasteiger partial charge on any atom is -0.362 e. The van der Waals surface area contributed by atoms with Crippen LogP contribution in [0.25, 0.3) is 0 Å². The first kappa shape index (κ1) is 15.0. The fraction of sp³-hybridized carbons (Fsp3) is 0.529. The zero-order valence-electron chi connectivity index (χ0n) is 13.1. The summed E-state index contributed by atoms with van der Waals surface area (Å²) >= 11 is 0. The highest BCUT2D eigenvalue weighted by Crippen LogP contribution is 2.23. The molecule has 1 atom stereocenters. The molecule has 0 aromatic heterocycles. The van der Waals surface area contributed by atoms with Crippen LogP contribution in [0.5, 0.6) is 0 Å². The summed E-state index contributed by atoms with van der Waals surface area (Å²) in [5, 5.41) is 3.09. The number of rotatable bonds is 2. The van der Waals surface area contributed by atoms with E-state index in [1.165, 1.54) is 18.1 Å². The second-order valence-corrected chi connectivity index (χ2v) is 6.37. The smallest absolute Gasteiger partial charge is 0.254 e. The third-order valence-corrected chi connectivity index (χ3v) is 4.59. The van der Waals surface area contributed by atoms with E-state index in [1.54, 1.807) is 11.8 Å². The lowest BCUT2D eigenvalue weighted by Gasteiger charge is -2.39. The van der Waals surface area contributed by atoms with E-state index in [1.807, 2.05) is 12.1 Å². The van der Waals surface area contributed by atoms with Crippen molar-refractivity contribution in [2.75, 3.05) is 19.7 Å². The van der Waals surface area contributed by atoms with E-state index in [9.17, 15) is 9.59 Å². The number of benzene rings is 1. The SMILES string of the molecule is CC(=O)N1CCOC(C)(C(=O)NC2Cc3ccccc3C2)C1. The molecule has 1 unspecified atom stereocenters. The van der Waals surface area contributed by atoms with Crippen molar-refractivity contribution in [1.29, 1.82) is 0 Å². The van der Waals surface area contributed by atoms with Crippen LogP contribution >= 0.6 is 0 Å². The molecule has 0 saturated carbocycles. The number of nitrogens with one attached hydrogen (secondary N) is 1. The van der Waals surface area contributed by atoms with Crippen LogP contribution in [0.15, 0.2) is 24.3 Å². The van der Waals surface area contributed by atoms with Gasteiger partial charge in [0.15, 0.2) is 5.60 Å². The maximum Gasteiger partial charge on any atom is 0.254 e. The molecule has 1 fully saturated rings. The first-order valence-electron chi connectivity index (χ1n) is 7.75. The number of fused-ring (bicyclic) bond motifs is 1. The molecule has 0 bridgehead atoms. The average Bonchev–Trinajstić information content (AvgIpc) is 2.89. The van der Waals surface area contributed by atoms with Crippen LogP contribution in [0.4, 0.5) is 0 Å². The highest BCUT2D eigenvalue weighted by molar-refractivity contribution is 5.86. The predicted molar refractivity (Wildman–Crippen MR) is 82.4 cm³/mol. The number of nitrogens with zero attached hydrogens (tertiary/aromatic N) is 1. The van der Waals surface area contributed by atoms with Crippen LogP contribution in [-0.4, -0.2) is 48.1 Å². The molecule has 1 aliphatic heterocycles. The molecule has 118 valence electrons. The number of hydrogen-bond acceptors (Lipinski definition) is 3. The maximum absolute atomic E-state index is 12.6. The fourth-order valence-electron chi connectivity index (χ4n) is 3.28. The van der Waals surface area contributed by atoms with Gasteiger partial charge in [0.1, 0.15) is 0 Å². The van der Waals surface area contributed by atoms with Crippen molar-refractivity contribution < 1.29 is 14.3 Å². The van der Waals surface area contributed by atoms with Crippen LogP contribution in [0, 0.1) is 0 Å². The Morgan fingerprint density at radius 2 is 1.91 bits per heavy atom. The minimum absolute atomic E-state index is 0.0180. The van der Waals surface area contributed by atoms with E-state index in [-0.39, 0.29) is 17.9 Å². The number of carbonyl (C=O) groups excluding carboxylic acids is 2. The molecule has 0 spiro atoms. The van der Waals surface area contributed by atoms with Gasteiger partial charge >= 0.3 is 0 Å². The van der Waals surface area contributed by atoms with Crippen molar-refractivity contribution in [2.24, 2.45) is 0 Å². The normalized spacial score (nSPS) is 24.9. The zero-order valence-corrected chi connectivity index (χ0v) is 13.1. The lowest BCUT2D eigenvalue weighted by atomic mass is 10.0. The molecule has 1 heterocycles. The third-order valence-electron chi connectivity index (χ3n) is 4.59. The largest absolute Gasteiger partial charge is 0.362 e. The van der Waals surface area contributed by atoms with Gasteiger partial charge in [-0.2, -0.15) is 0 Å². The van der Waals surface area contributed by atoms with Gasteiger partial charge in [-0.05, 0) is 30.9 Å². The van der Waals surface area contributed by atoms with E-state index in [2.05, 4.69) is 17.4 Å². The van der Waals surface area contributed by atoms with Crippen molar-refractivity contribution in [3.8, 4) is 0 Å². The predicted octanol–water partition coefficient (Wildman–Crippen LogP) is 0.907. The van der Waals surface area contributed by atoms with Crippen LogP contribution in [0.3, 0.4) is 0 Å². The van der Waals surface area contributed by atoms with Crippen LogP contribution in [0.1, 0.15) is 25.0 Å². The highest BCUT2D eigenvalue weighted by Gasteiger charge is 2.41. The maximum atomic E-state index is 12.6. The number of carbonyl (C=O) groups is 2. The summed E-state index contributed by atoms with van der Waals surface area (Å²) in [7, 11) is 0. The monoisotopic (exact) mass is 302 g/mol. The standard InChI is InChI=1S/C17H22N2O3/c1-12(20)19-7-8-22-17(2,11-19)16(21)18-15-9-13-5-3-4-6-14(13)10-15/h3-6,15H,7-11H2,1-2H3,(H,18,21). The van der Waals surface area contributed by atoms with Gasteiger partial charge in [-0.3, -0.25) is 9.59 Å². The van der Waals surface area contributed by atoms with Crippen molar-refractivity contribution in [1.82, 2.24) is 10.2 Å². The Labute approximate surface area is 130 Å². The summed E-state index contributed by atoms with van der Waals surface area (Å²) < 4.78 is 5.69. The van der Waals surface area contributed by atoms with Crippen LogP contribution in [0.2, 0.25) is 0 Å². The molecule has 5 nitrogen and oxygen atoms in total. The molecule has 1 aromatic rings. The number of ether oxygens (including phenoxy) is 1. The van der Waals surface area contributed by atoms with E-state index in [4.69, 9.17) is 4.74 Å². The quantitative estimate of drug-likeness (QED) is 0.883. The summed E-state index contributed by atoms with van der Waals surface area (Å²) in [6.45, 7) is 4.55. The Morgan fingerprint density at radius 1 is 1.27 bits per heavy atom. The Balaban J connectivity index is 1.64. The second kappa shape index (κ2) is 5.72. The summed E-state index contributed by atoms with van der Waals surface area (Å²) in [5.74, 6) is -0.146. The third kappa shape index (κ3) is 2.86. The lowest BCUT2D eigenvalue weighted by Crippen LogP contribution is -2.60. The molecule has 2 amide bonds. The van der Waals surface area contributed by atoms with Gasteiger partial charge in [-0.25, -0.2) is 0 Å². The molecule has 1 aromatic carbocycles. The summed E-state index contributed by atoms with van der Waals surface area (Å²) in [6.07, 6.45) is 1.71. The molecule has 2 aliphatic rings. The number of amides is 2. The molecule has 1 N–H and O–H groups in total. The van der Waals surface area contributed by atoms with Gasteiger partial charge < -0.3 is 15.0 Å². The fourth-order valence-corrected chi connectivity index (χ4v) is 3.28. The van der Waals surface area contributed by atoms with E-state index in [0.29, 0.717) is 19.7 Å².